The molecule has 1 aromatic rings. The van der Waals surface area contributed by atoms with Crippen LogP contribution in [-0.2, 0) is 6.42 Å². The second-order valence-corrected chi connectivity index (χ2v) is 5.56. The molecule has 1 heterocycles. The van der Waals surface area contributed by atoms with Gasteiger partial charge in [0.2, 0.25) is 0 Å². The van der Waals surface area contributed by atoms with E-state index in [4.69, 9.17) is 5.73 Å². The van der Waals surface area contributed by atoms with Crippen molar-refractivity contribution in [1.29, 1.82) is 0 Å². The van der Waals surface area contributed by atoms with Crippen molar-refractivity contribution in [1.82, 2.24) is 0 Å². The molecule has 0 radical (unpaired) electrons. The summed E-state index contributed by atoms with van der Waals surface area (Å²) >= 11 is 0. The van der Waals surface area contributed by atoms with Crippen LogP contribution in [0.3, 0.4) is 0 Å². The fraction of sp³-hybridized carbons (Fsp3) is 0.538. The van der Waals surface area contributed by atoms with E-state index in [-0.39, 0.29) is 0 Å². The van der Waals surface area contributed by atoms with E-state index in [1.54, 1.807) is 0 Å². The third kappa shape index (κ3) is 2.09. The fourth-order valence-corrected chi connectivity index (χ4v) is 2.14. The van der Waals surface area contributed by atoms with E-state index in [2.05, 4.69) is 38.2 Å². The maximum atomic E-state index is 5.81. The lowest BCUT2D eigenvalue weighted by Gasteiger charge is -2.35. The second-order valence-electron chi connectivity index (χ2n) is 5.56. The normalized spacial score (nSPS) is 20.6. The van der Waals surface area contributed by atoms with E-state index in [0.717, 1.165) is 18.7 Å². The van der Waals surface area contributed by atoms with Gasteiger partial charge in [-0.1, -0.05) is 20.8 Å². The van der Waals surface area contributed by atoms with Gasteiger partial charge in [-0.2, -0.15) is 0 Å². The predicted octanol–water partition coefficient (Wildman–Crippen LogP) is 2.90. The lowest BCUT2D eigenvalue weighted by molar-refractivity contribution is 0.247. The molecule has 0 saturated heterocycles. The topological polar surface area (TPSA) is 38.0 Å². The van der Waals surface area contributed by atoms with Gasteiger partial charge in [0, 0.05) is 17.9 Å². The van der Waals surface area contributed by atoms with Gasteiger partial charge in [-0.15, -0.1) is 0 Å². The number of nitrogen functional groups attached to an aromatic ring is 1. The van der Waals surface area contributed by atoms with E-state index in [9.17, 15) is 0 Å². The number of nitrogens with one attached hydrogen (secondary N) is 1. The summed E-state index contributed by atoms with van der Waals surface area (Å²) in [6.45, 7) is 7.98. The van der Waals surface area contributed by atoms with Crippen molar-refractivity contribution in [3.63, 3.8) is 0 Å². The number of anilines is 2. The van der Waals surface area contributed by atoms with Gasteiger partial charge in [0.05, 0.1) is 0 Å². The van der Waals surface area contributed by atoms with E-state index in [1.807, 2.05) is 6.07 Å². The third-order valence-electron chi connectivity index (χ3n) is 3.36. The molecule has 1 atom stereocenters. The Labute approximate surface area is 91.9 Å². The van der Waals surface area contributed by atoms with Crippen molar-refractivity contribution in [3.8, 4) is 0 Å². The molecule has 1 aromatic carbocycles. The Morgan fingerprint density at radius 2 is 2.07 bits per heavy atom. The molecule has 2 heteroatoms. The molecule has 2 rings (SSSR count). The van der Waals surface area contributed by atoms with Gasteiger partial charge < -0.3 is 11.1 Å². The van der Waals surface area contributed by atoms with Gasteiger partial charge in [-0.05, 0) is 41.5 Å². The van der Waals surface area contributed by atoms with Crippen LogP contribution in [0, 0.1) is 11.3 Å². The first kappa shape index (κ1) is 10.3. The number of nitrogens with two attached hydrogens (primary N) is 1. The van der Waals surface area contributed by atoms with E-state index in [1.165, 1.54) is 11.3 Å². The zero-order valence-corrected chi connectivity index (χ0v) is 9.80. The molecule has 0 aromatic heterocycles. The molecule has 0 bridgehead atoms. The lowest BCUT2D eigenvalue weighted by atomic mass is 9.75. The lowest BCUT2D eigenvalue weighted by Crippen LogP contribution is -2.33. The minimum absolute atomic E-state index is 0.356. The summed E-state index contributed by atoms with van der Waals surface area (Å²) in [5, 5.41) is 3.49. The molecular formula is C13H20N2. The monoisotopic (exact) mass is 204 g/mol. The highest BCUT2D eigenvalue weighted by atomic mass is 14.9. The standard InChI is InChI=1S/C13H20N2/c1-13(2,3)10-6-9-7-11(14)4-5-12(9)15-8-10/h4-5,7,10,15H,6,8,14H2,1-3H3. The molecule has 1 unspecified atom stereocenters. The third-order valence-corrected chi connectivity index (χ3v) is 3.36. The molecule has 0 aliphatic carbocycles. The smallest absolute Gasteiger partial charge is 0.0374 e. The minimum atomic E-state index is 0.356. The summed E-state index contributed by atoms with van der Waals surface area (Å²) in [7, 11) is 0. The number of hydrogen-bond donors (Lipinski definition) is 2. The van der Waals surface area contributed by atoms with Crippen LogP contribution in [0.15, 0.2) is 18.2 Å². The van der Waals surface area contributed by atoms with Gasteiger partial charge in [-0.3, -0.25) is 0 Å². The maximum absolute atomic E-state index is 5.81. The molecule has 1 aliphatic rings. The van der Waals surface area contributed by atoms with Gasteiger partial charge in [0.25, 0.3) is 0 Å². The number of rotatable bonds is 0. The first-order valence-electron chi connectivity index (χ1n) is 5.59. The predicted molar refractivity (Wildman–Crippen MR) is 66.0 cm³/mol. The summed E-state index contributed by atoms with van der Waals surface area (Å²) in [5.41, 5.74) is 9.65. The summed E-state index contributed by atoms with van der Waals surface area (Å²) in [6.07, 6.45) is 1.14. The molecule has 0 fully saturated rings. The quantitative estimate of drug-likeness (QED) is 0.638. The van der Waals surface area contributed by atoms with E-state index in [0.29, 0.717) is 11.3 Å². The van der Waals surface area contributed by atoms with Crippen molar-refractivity contribution >= 4 is 11.4 Å². The van der Waals surface area contributed by atoms with Crippen molar-refractivity contribution in [2.24, 2.45) is 11.3 Å². The summed E-state index contributed by atoms with van der Waals surface area (Å²) in [5.74, 6) is 0.687. The summed E-state index contributed by atoms with van der Waals surface area (Å²) in [6, 6.07) is 6.15. The first-order chi connectivity index (χ1) is 6.97. The molecule has 82 valence electrons. The number of hydrogen-bond acceptors (Lipinski definition) is 2. The molecule has 2 nitrogen and oxygen atoms in total. The van der Waals surface area contributed by atoms with Crippen molar-refractivity contribution < 1.29 is 0 Å². The molecule has 0 amide bonds. The van der Waals surface area contributed by atoms with Crippen LogP contribution in [-0.4, -0.2) is 6.54 Å². The Hall–Kier alpha value is -1.18. The Morgan fingerprint density at radius 3 is 2.73 bits per heavy atom. The van der Waals surface area contributed by atoms with Crippen molar-refractivity contribution in [2.75, 3.05) is 17.6 Å². The summed E-state index contributed by atoms with van der Waals surface area (Å²) < 4.78 is 0. The van der Waals surface area contributed by atoms with Crippen LogP contribution in [0.2, 0.25) is 0 Å². The Kier molecular flexibility index (Phi) is 2.37. The minimum Gasteiger partial charge on any atom is -0.399 e. The number of benzene rings is 1. The van der Waals surface area contributed by atoms with E-state index >= 15 is 0 Å². The Balaban J connectivity index is 2.26. The highest BCUT2D eigenvalue weighted by Crippen LogP contribution is 2.35. The molecule has 1 aliphatic heterocycles. The Morgan fingerprint density at radius 1 is 1.33 bits per heavy atom. The van der Waals surface area contributed by atoms with E-state index < -0.39 is 0 Å². The van der Waals surface area contributed by atoms with Gasteiger partial charge in [0.15, 0.2) is 0 Å². The first-order valence-corrected chi connectivity index (χ1v) is 5.59. The second kappa shape index (κ2) is 3.44. The molecule has 0 saturated carbocycles. The van der Waals surface area contributed by atoms with Crippen LogP contribution < -0.4 is 11.1 Å². The zero-order valence-electron chi connectivity index (χ0n) is 9.80. The average Bonchev–Trinajstić information content (AvgIpc) is 2.15. The van der Waals surface area contributed by atoms with Crippen LogP contribution in [0.1, 0.15) is 26.3 Å². The average molecular weight is 204 g/mol. The SMILES string of the molecule is CC(C)(C)C1CNc2ccc(N)cc2C1. The molecular weight excluding hydrogens is 184 g/mol. The van der Waals surface area contributed by atoms with Crippen molar-refractivity contribution in [2.45, 2.75) is 27.2 Å². The van der Waals surface area contributed by atoms with Crippen molar-refractivity contribution in [3.05, 3.63) is 23.8 Å². The molecule has 3 N–H and O–H groups in total. The number of fused-ring (bicyclic) bond motifs is 1. The largest absolute Gasteiger partial charge is 0.399 e. The summed E-state index contributed by atoms with van der Waals surface area (Å²) in [4.78, 5) is 0. The van der Waals surface area contributed by atoms with Gasteiger partial charge >= 0.3 is 0 Å². The van der Waals surface area contributed by atoms with Gasteiger partial charge in [-0.25, -0.2) is 0 Å². The molecule has 0 spiro atoms. The van der Waals surface area contributed by atoms with Crippen LogP contribution in [0.5, 0.6) is 0 Å². The van der Waals surface area contributed by atoms with Crippen LogP contribution in [0.4, 0.5) is 11.4 Å². The van der Waals surface area contributed by atoms with Gasteiger partial charge in [0.1, 0.15) is 0 Å². The van der Waals surface area contributed by atoms with Crippen LogP contribution in [0.25, 0.3) is 0 Å². The molecule has 15 heavy (non-hydrogen) atoms. The fourth-order valence-electron chi connectivity index (χ4n) is 2.14. The Bertz CT molecular complexity index is 363. The highest BCUT2D eigenvalue weighted by molar-refractivity contribution is 5.59. The highest BCUT2D eigenvalue weighted by Gasteiger charge is 2.28. The zero-order chi connectivity index (χ0) is 11.1. The maximum Gasteiger partial charge on any atom is 0.0374 e. The van der Waals surface area contributed by atoms with Crippen LogP contribution >= 0.6 is 0 Å².